The third-order valence-corrected chi connectivity index (χ3v) is 9.14. The minimum absolute atomic E-state index is 0.0556. The molecule has 0 amide bonds. The van der Waals surface area contributed by atoms with Crippen LogP contribution in [-0.4, -0.2) is 73.4 Å². The van der Waals surface area contributed by atoms with Gasteiger partial charge >= 0.3 is 11.9 Å². The summed E-state index contributed by atoms with van der Waals surface area (Å²) in [6.07, 6.45) is 14.0. The topological polar surface area (TPSA) is 110 Å². The van der Waals surface area contributed by atoms with Crippen LogP contribution in [-0.2, 0) is 38.0 Å². The second-order valence-electron chi connectivity index (χ2n) is 12.8. The Labute approximate surface area is 255 Å². The lowest BCUT2D eigenvalue weighted by Crippen LogP contribution is -2.39. The Morgan fingerprint density at radius 2 is 1.60 bits per heavy atom. The molecule has 3 rings (SSSR count). The molecular formula is C32H58O9Si. The van der Waals surface area contributed by atoms with Gasteiger partial charge in [0.15, 0.2) is 12.1 Å². The highest BCUT2D eigenvalue weighted by Crippen LogP contribution is 2.38. The van der Waals surface area contributed by atoms with Crippen LogP contribution in [0.25, 0.3) is 0 Å². The van der Waals surface area contributed by atoms with Gasteiger partial charge in [0.05, 0.1) is 38.8 Å². The molecule has 0 bridgehead atoms. The molecule has 3 heterocycles. The van der Waals surface area contributed by atoms with Gasteiger partial charge in [-0.1, -0.05) is 71.8 Å². The number of ether oxygens (including phenoxy) is 6. The van der Waals surface area contributed by atoms with Crippen molar-refractivity contribution in [2.45, 2.75) is 167 Å². The van der Waals surface area contributed by atoms with Crippen molar-refractivity contribution in [2.24, 2.45) is 0 Å². The number of carbonyl (C=O) groups is 2. The predicted molar refractivity (Wildman–Crippen MR) is 166 cm³/mol. The van der Waals surface area contributed by atoms with Crippen LogP contribution in [0.3, 0.4) is 0 Å². The van der Waals surface area contributed by atoms with E-state index in [1.165, 1.54) is 33.0 Å². The molecule has 0 spiro atoms. The molecule has 3 saturated heterocycles. The molecule has 0 aliphatic carbocycles. The van der Waals surface area contributed by atoms with E-state index in [0.717, 1.165) is 32.1 Å². The molecule has 42 heavy (non-hydrogen) atoms. The number of hydrogen-bond acceptors (Lipinski definition) is 9. The zero-order valence-electron chi connectivity index (χ0n) is 27.6. The summed E-state index contributed by atoms with van der Waals surface area (Å²) in [6.45, 7) is 21.1. The van der Waals surface area contributed by atoms with Crippen LogP contribution in [0.4, 0.5) is 0 Å². The van der Waals surface area contributed by atoms with E-state index in [1.807, 2.05) is 13.8 Å². The molecule has 0 aromatic rings. The number of unbranched alkanes of at least 4 members (excludes halogenated alkanes) is 2. The van der Waals surface area contributed by atoms with E-state index < -0.39 is 20.0 Å². The van der Waals surface area contributed by atoms with Gasteiger partial charge in [-0.25, -0.2) is 0 Å². The van der Waals surface area contributed by atoms with Gasteiger partial charge < -0.3 is 33.5 Å². The maximum absolute atomic E-state index is 10.6. The lowest BCUT2D eigenvalue weighted by molar-refractivity contribution is -0.205. The summed E-state index contributed by atoms with van der Waals surface area (Å²) < 4.78 is 32.6. The minimum atomic E-state index is -1.41. The highest BCUT2D eigenvalue weighted by molar-refractivity contribution is 6.77. The van der Waals surface area contributed by atoms with Crippen LogP contribution in [0.1, 0.15) is 99.3 Å². The Bertz CT molecular complexity index is 822. The smallest absolute Gasteiger partial charge is 0.307 e. The van der Waals surface area contributed by atoms with Crippen LogP contribution in [0.5, 0.6) is 0 Å². The van der Waals surface area contributed by atoms with Crippen LogP contribution in [0, 0.1) is 0 Å². The first-order valence-corrected chi connectivity index (χ1v) is 19.2. The number of aliphatic hydroxyl groups excluding tert-OH is 1. The fraction of sp³-hybridized carbons (Fsp3) is 0.812. The van der Waals surface area contributed by atoms with E-state index in [4.69, 9.17) is 23.7 Å². The quantitative estimate of drug-likeness (QED) is 0.113. The third-order valence-electron chi connectivity index (χ3n) is 7.08. The third kappa shape index (κ3) is 15.2. The minimum Gasteiger partial charge on any atom is -0.462 e. The largest absolute Gasteiger partial charge is 0.462 e. The highest BCUT2D eigenvalue weighted by atomic mass is 28.3. The van der Waals surface area contributed by atoms with Gasteiger partial charge in [-0.2, -0.15) is 0 Å². The zero-order chi connectivity index (χ0) is 31.9. The van der Waals surface area contributed by atoms with Crippen LogP contribution >= 0.6 is 0 Å². The summed E-state index contributed by atoms with van der Waals surface area (Å²) in [5.41, 5.74) is -0.0556. The molecule has 244 valence electrons. The summed E-state index contributed by atoms with van der Waals surface area (Å²) in [5, 5.41) is 9.80. The Balaban J connectivity index is 0.000000323. The van der Waals surface area contributed by atoms with Gasteiger partial charge in [-0.3, -0.25) is 9.59 Å². The first-order chi connectivity index (χ1) is 19.6. The average Bonchev–Trinajstić information content (AvgIpc) is 3.51. The average molecular weight is 615 g/mol. The molecule has 9 nitrogen and oxygen atoms in total. The number of carbonyl (C=O) groups excluding carboxylic acids is 2. The molecule has 0 aromatic carbocycles. The molecule has 0 aromatic heterocycles. The number of rotatable bonds is 12. The van der Waals surface area contributed by atoms with Crippen molar-refractivity contribution in [2.75, 3.05) is 0 Å². The second kappa shape index (κ2) is 19.0. The van der Waals surface area contributed by atoms with Crippen LogP contribution in [0.15, 0.2) is 25.0 Å². The van der Waals surface area contributed by atoms with Crippen LogP contribution in [0.2, 0.25) is 19.6 Å². The van der Waals surface area contributed by atoms with Crippen molar-refractivity contribution in [1.82, 2.24) is 0 Å². The molecule has 1 N–H and O–H groups in total. The van der Waals surface area contributed by atoms with Gasteiger partial charge in [0.2, 0.25) is 0 Å². The molecule has 0 saturated carbocycles. The Morgan fingerprint density at radius 3 is 2.05 bits per heavy atom. The Kier molecular flexibility index (Phi) is 17.4. The van der Waals surface area contributed by atoms with E-state index in [-0.39, 0.29) is 42.3 Å². The monoisotopic (exact) mass is 614 g/mol. The van der Waals surface area contributed by atoms with Crippen molar-refractivity contribution in [3.05, 3.63) is 25.0 Å². The van der Waals surface area contributed by atoms with Gasteiger partial charge in [-0.05, 0) is 39.2 Å². The van der Waals surface area contributed by atoms with Gasteiger partial charge in [0.25, 0.3) is 0 Å². The standard InChI is InChI=1S/C13H22O4.C11H20O3.C8H16O2Si/c1-3-4-6-11-9-12(15)13(17-11)7-5-8-16-10(2)14;1-4-5-6-8-7-9-10(12-8)14-11(2,3)13-9;1-6-8(10-7(2)9)11(3,4)5/h5,8,11-13,15H,3-4,6-7,9H2,1-2H3;8-10H,4-7H2,1-3H3;6,8H,1H2,2-5H3/t11-,12+,13-;8-,9+,10+;/m00./s1. The normalized spacial score (nSPS) is 28.6. The molecule has 3 fully saturated rings. The van der Waals surface area contributed by atoms with Crippen molar-refractivity contribution >= 4 is 20.0 Å². The summed E-state index contributed by atoms with van der Waals surface area (Å²) in [5.74, 6) is -1.02. The summed E-state index contributed by atoms with van der Waals surface area (Å²) >= 11 is 0. The van der Waals surface area contributed by atoms with E-state index in [9.17, 15) is 14.7 Å². The van der Waals surface area contributed by atoms with E-state index in [0.29, 0.717) is 18.9 Å². The number of esters is 2. The maximum Gasteiger partial charge on any atom is 0.307 e. The summed E-state index contributed by atoms with van der Waals surface area (Å²) in [4.78, 5) is 21.1. The van der Waals surface area contributed by atoms with Crippen molar-refractivity contribution < 1.29 is 43.1 Å². The first-order valence-electron chi connectivity index (χ1n) is 15.6. The number of hydrogen-bond donors (Lipinski definition) is 1. The SMILES string of the molecule is C=CC(OC(C)=O)[Si](C)(C)C.CCCC[C@H]1C[C@@H](O)[C@H](CC=COC(C)=O)O1.CCCC[C@H]1C[C@H]2OC(C)(C)O[C@H]2O1. The van der Waals surface area contributed by atoms with Crippen LogP contribution < -0.4 is 0 Å². The summed E-state index contributed by atoms with van der Waals surface area (Å²) in [6, 6.07) is 0. The molecular weight excluding hydrogens is 556 g/mol. The lowest BCUT2D eigenvalue weighted by atomic mass is 10.1. The zero-order valence-corrected chi connectivity index (χ0v) is 28.6. The van der Waals surface area contributed by atoms with E-state index >= 15 is 0 Å². The first kappa shape index (κ1) is 38.5. The fourth-order valence-corrected chi connectivity index (χ4v) is 6.16. The molecule has 1 unspecified atom stereocenters. The van der Waals surface area contributed by atoms with Crippen molar-refractivity contribution in [3.8, 4) is 0 Å². The Hall–Kier alpha value is -1.56. The summed E-state index contributed by atoms with van der Waals surface area (Å²) in [7, 11) is -1.41. The van der Waals surface area contributed by atoms with Gasteiger partial charge in [0.1, 0.15) is 11.8 Å². The fourth-order valence-electron chi connectivity index (χ4n) is 4.94. The molecule has 10 heteroatoms. The molecule has 0 radical (unpaired) electrons. The Morgan fingerprint density at radius 1 is 1.00 bits per heavy atom. The van der Waals surface area contributed by atoms with E-state index in [1.54, 1.807) is 12.2 Å². The van der Waals surface area contributed by atoms with Crippen molar-refractivity contribution in [3.63, 3.8) is 0 Å². The molecule has 7 atom stereocenters. The predicted octanol–water partition coefficient (Wildman–Crippen LogP) is 6.59. The molecule has 3 aliphatic rings. The lowest BCUT2D eigenvalue weighted by Gasteiger charge is -2.24. The van der Waals surface area contributed by atoms with Crippen molar-refractivity contribution in [1.29, 1.82) is 0 Å². The highest BCUT2D eigenvalue weighted by Gasteiger charge is 2.48. The van der Waals surface area contributed by atoms with Gasteiger partial charge in [0, 0.05) is 26.7 Å². The van der Waals surface area contributed by atoms with Gasteiger partial charge in [-0.15, -0.1) is 0 Å². The number of aliphatic hydroxyl groups is 1. The number of fused-ring (bicyclic) bond motifs is 1. The second-order valence-corrected chi connectivity index (χ2v) is 18.1. The molecule has 3 aliphatic heterocycles. The van der Waals surface area contributed by atoms with E-state index in [2.05, 4.69) is 44.8 Å². The maximum atomic E-state index is 10.6.